The molecule has 1 saturated heterocycles. The number of aliphatic hydroxyl groups excluding tert-OH is 1. The third-order valence-electron chi connectivity index (χ3n) is 2.03. The number of urea groups is 1. The second-order valence-electron chi connectivity index (χ2n) is 3.10. The lowest BCUT2D eigenvalue weighted by atomic mass is 10.1. The van der Waals surface area contributed by atoms with Crippen molar-refractivity contribution in [1.29, 1.82) is 0 Å². The van der Waals surface area contributed by atoms with Gasteiger partial charge in [0.05, 0.1) is 12.6 Å². The van der Waals surface area contributed by atoms with Crippen LogP contribution in [0.2, 0.25) is 0 Å². The molecule has 0 aromatic heterocycles. The molecule has 1 aliphatic rings. The molecule has 1 rings (SSSR count). The smallest absolute Gasteiger partial charge is 0.318 e. The van der Waals surface area contributed by atoms with Gasteiger partial charge < -0.3 is 15.3 Å². The van der Waals surface area contributed by atoms with Crippen LogP contribution >= 0.6 is 0 Å². The van der Waals surface area contributed by atoms with Gasteiger partial charge in [0.2, 0.25) is 0 Å². The van der Waals surface area contributed by atoms with Crippen LogP contribution in [0.25, 0.3) is 0 Å². The Morgan fingerprint density at radius 1 is 1.77 bits per heavy atom. The molecule has 0 spiro atoms. The van der Waals surface area contributed by atoms with Gasteiger partial charge in [0.15, 0.2) is 0 Å². The number of nitrogens with zero attached hydrogens (tertiary/aromatic N) is 1. The molecule has 13 heavy (non-hydrogen) atoms. The van der Waals surface area contributed by atoms with Gasteiger partial charge in [-0.2, -0.15) is 0 Å². The van der Waals surface area contributed by atoms with Gasteiger partial charge in [-0.15, -0.1) is 6.42 Å². The van der Waals surface area contributed by atoms with Crippen molar-refractivity contribution in [3.63, 3.8) is 0 Å². The normalized spacial score (nSPS) is 22.2. The number of rotatable bonds is 1. The maximum Gasteiger partial charge on any atom is 0.318 e. The fourth-order valence-corrected chi connectivity index (χ4v) is 1.38. The molecule has 1 unspecified atom stereocenters. The molecule has 1 atom stereocenters. The summed E-state index contributed by atoms with van der Waals surface area (Å²) in [6.45, 7) is 1.36. The van der Waals surface area contributed by atoms with Crippen molar-refractivity contribution in [3.8, 4) is 12.3 Å². The van der Waals surface area contributed by atoms with Gasteiger partial charge in [-0.25, -0.2) is 4.79 Å². The first-order chi connectivity index (χ1) is 6.24. The monoisotopic (exact) mass is 182 g/mol. The number of hydrogen-bond acceptors (Lipinski definition) is 2. The SMILES string of the molecule is C#CCNC(=O)N1CCCC(O)C1. The Bertz CT molecular complexity index is 222. The molecule has 1 heterocycles. The van der Waals surface area contributed by atoms with E-state index in [0.717, 1.165) is 12.8 Å². The van der Waals surface area contributed by atoms with Gasteiger partial charge in [0.25, 0.3) is 0 Å². The van der Waals surface area contributed by atoms with Gasteiger partial charge in [0.1, 0.15) is 0 Å². The van der Waals surface area contributed by atoms with E-state index in [1.807, 2.05) is 0 Å². The molecule has 0 aromatic carbocycles. The van der Waals surface area contributed by atoms with E-state index in [-0.39, 0.29) is 18.7 Å². The highest BCUT2D eigenvalue weighted by molar-refractivity contribution is 5.74. The lowest BCUT2D eigenvalue weighted by molar-refractivity contribution is 0.0846. The van der Waals surface area contributed by atoms with Gasteiger partial charge >= 0.3 is 6.03 Å². The van der Waals surface area contributed by atoms with E-state index >= 15 is 0 Å². The Kier molecular flexibility index (Phi) is 3.59. The number of likely N-dealkylation sites (tertiary alicyclic amines) is 1. The quantitative estimate of drug-likeness (QED) is 0.551. The summed E-state index contributed by atoms with van der Waals surface area (Å²) in [5, 5.41) is 11.9. The first-order valence-electron chi connectivity index (χ1n) is 4.38. The predicted octanol–water partition coefficient (Wildman–Crippen LogP) is -0.214. The summed E-state index contributed by atoms with van der Waals surface area (Å²) >= 11 is 0. The van der Waals surface area contributed by atoms with Gasteiger partial charge in [-0.05, 0) is 12.8 Å². The molecule has 1 fully saturated rings. The third-order valence-corrected chi connectivity index (χ3v) is 2.03. The van der Waals surface area contributed by atoms with E-state index in [2.05, 4.69) is 11.2 Å². The summed E-state index contributed by atoms with van der Waals surface area (Å²) in [7, 11) is 0. The molecule has 72 valence electrons. The first-order valence-corrected chi connectivity index (χ1v) is 4.38. The number of carbonyl (C=O) groups is 1. The van der Waals surface area contributed by atoms with E-state index in [4.69, 9.17) is 6.42 Å². The number of hydrogen-bond donors (Lipinski definition) is 2. The Balaban J connectivity index is 2.33. The van der Waals surface area contributed by atoms with Crippen molar-refractivity contribution in [2.45, 2.75) is 18.9 Å². The molecule has 2 amide bonds. The van der Waals surface area contributed by atoms with Crippen LogP contribution in [0.5, 0.6) is 0 Å². The number of aliphatic hydroxyl groups is 1. The largest absolute Gasteiger partial charge is 0.391 e. The minimum absolute atomic E-state index is 0.184. The predicted molar refractivity (Wildman–Crippen MR) is 49.0 cm³/mol. The summed E-state index contributed by atoms with van der Waals surface area (Å²) in [4.78, 5) is 12.9. The van der Waals surface area contributed by atoms with E-state index in [9.17, 15) is 9.90 Å². The highest BCUT2D eigenvalue weighted by Crippen LogP contribution is 2.09. The maximum atomic E-state index is 11.3. The molecule has 0 aromatic rings. The van der Waals surface area contributed by atoms with E-state index in [1.54, 1.807) is 4.90 Å². The lowest BCUT2D eigenvalue weighted by Crippen LogP contribution is -2.47. The maximum absolute atomic E-state index is 11.3. The summed E-state index contributed by atoms with van der Waals surface area (Å²) < 4.78 is 0. The molecule has 0 aliphatic carbocycles. The number of nitrogens with one attached hydrogen (secondary N) is 1. The van der Waals surface area contributed by atoms with Crippen LogP contribution in [-0.4, -0.2) is 41.8 Å². The number of piperidine rings is 1. The van der Waals surface area contributed by atoms with Crippen LogP contribution in [-0.2, 0) is 0 Å². The van der Waals surface area contributed by atoms with Crippen LogP contribution in [0.1, 0.15) is 12.8 Å². The Labute approximate surface area is 77.9 Å². The highest BCUT2D eigenvalue weighted by atomic mass is 16.3. The third kappa shape index (κ3) is 2.96. The van der Waals surface area contributed by atoms with Gasteiger partial charge in [-0.1, -0.05) is 5.92 Å². The lowest BCUT2D eigenvalue weighted by Gasteiger charge is -2.29. The second-order valence-corrected chi connectivity index (χ2v) is 3.10. The summed E-state index contributed by atoms with van der Waals surface area (Å²) in [5.74, 6) is 2.33. The van der Waals surface area contributed by atoms with Crippen LogP contribution in [0, 0.1) is 12.3 Å². The molecule has 0 radical (unpaired) electrons. The van der Waals surface area contributed by atoms with Crippen molar-refractivity contribution < 1.29 is 9.90 Å². The summed E-state index contributed by atoms with van der Waals surface area (Å²) in [6, 6.07) is -0.184. The minimum Gasteiger partial charge on any atom is -0.391 e. The zero-order chi connectivity index (χ0) is 9.68. The molecule has 4 nitrogen and oxygen atoms in total. The standard InChI is InChI=1S/C9H14N2O2/c1-2-5-10-9(13)11-6-3-4-8(12)7-11/h1,8,12H,3-7H2,(H,10,13). The number of β-amino-alcohol motifs (C(OH)–C–C–N with tert-alkyl or cyclic N) is 1. The summed E-state index contributed by atoms with van der Waals surface area (Å²) in [6.07, 6.45) is 6.25. The van der Waals surface area contributed by atoms with Crippen molar-refractivity contribution >= 4 is 6.03 Å². The Morgan fingerprint density at radius 2 is 2.54 bits per heavy atom. The van der Waals surface area contributed by atoms with Crippen molar-refractivity contribution in [2.24, 2.45) is 0 Å². The molecule has 4 heteroatoms. The number of carbonyl (C=O) groups excluding carboxylic acids is 1. The fraction of sp³-hybridized carbons (Fsp3) is 0.667. The fourth-order valence-electron chi connectivity index (χ4n) is 1.38. The highest BCUT2D eigenvalue weighted by Gasteiger charge is 2.21. The molecule has 0 saturated carbocycles. The zero-order valence-corrected chi connectivity index (χ0v) is 7.49. The molecule has 2 N–H and O–H groups in total. The average molecular weight is 182 g/mol. The van der Waals surface area contributed by atoms with E-state index < -0.39 is 0 Å². The minimum atomic E-state index is -0.384. The average Bonchev–Trinajstić information content (AvgIpc) is 2.14. The van der Waals surface area contributed by atoms with Crippen LogP contribution in [0.4, 0.5) is 4.79 Å². The second kappa shape index (κ2) is 4.73. The van der Waals surface area contributed by atoms with E-state index in [1.165, 1.54) is 0 Å². The van der Waals surface area contributed by atoms with E-state index in [0.29, 0.717) is 13.1 Å². The molecule has 1 aliphatic heterocycles. The Hall–Kier alpha value is -1.21. The zero-order valence-electron chi connectivity index (χ0n) is 7.49. The van der Waals surface area contributed by atoms with Crippen molar-refractivity contribution in [1.82, 2.24) is 10.2 Å². The summed E-state index contributed by atoms with van der Waals surface area (Å²) in [5.41, 5.74) is 0. The van der Waals surface area contributed by atoms with Crippen molar-refractivity contribution in [3.05, 3.63) is 0 Å². The number of amides is 2. The van der Waals surface area contributed by atoms with Crippen LogP contribution in [0.3, 0.4) is 0 Å². The topological polar surface area (TPSA) is 52.6 Å². The number of terminal acetylenes is 1. The van der Waals surface area contributed by atoms with Crippen molar-refractivity contribution in [2.75, 3.05) is 19.6 Å². The molecular weight excluding hydrogens is 168 g/mol. The van der Waals surface area contributed by atoms with Crippen LogP contribution < -0.4 is 5.32 Å². The van der Waals surface area contributed by atoms with Gasteiger partial charge in [0, 0.05) is 13.1 Å². The van der Waals surface area contributed by atoms with Crippen LogP contribution in [0.15, 0.2) is 0 Å². The van der Waals surface area contributed by atoms with Gasteiger partial charge in [-0.3, -0.25) is 0 Å². The first kappa shape index (κ1) is 9.87. The Morgan fingerprint density at radius 3 is 3.15 bits per heavy atom. The molecule has 0 bridgehead atoms. The molecular formula is C9H14N2O2.